The van der Waals surface area contributed by atoms with E-state index in [9.17, 15) is 5.11 Å². The quantitative estimate of drug-likeness (QED) is 0.888. The summed E-state index contributed by atoms with van der Waals surface area (Å²) in [5, 5.41) is 14.6. The van der Waals surface area contributed by atoms with Gasteiger partial charge in [0.15, 0.2) is 0 Å². The Balaban J connectivity index is 1.46. The van der Waals surface area contributed by atoms with Crippen molar-refractivity contribution in [3.8, 4) is 0 Å². The molecule has 2 heteroatoms. The van der Waals surface area contributed by atoms with Gasteiger partial charge in [0.2, 0.25) is 0 Å². The molecule has 2 unspecified atom stereocenters. The molecule has 0 aliphatic heterocycles. The average Bonchev–Trinajstić information content (AvgIpc) is 2.43. The van der Waals surface area contributed by atoms with E-state index in [4.69, 9.17) is 0 Å². The largest absolute Gasteiger partial charge is 0.390 e. The zero-order valence-corrected chi connectivity index (χ0v) is 13.1. The molecule has 1 aromatic carbocycles. The lowest BCUT2D eigenvalue weighted by atomic mass is 9.51. The smallest absolute Gasteiger partial charge is 0.0670 e. The van der Waals surface area contributed by atoms with Crippen LogP contribution in [0.2, 0.25) is 0 Å². The molecule has 2 atom stereocenters. The molecular formula is C19H27NO. The van der Waals surface area contributed by atoms with Crippen LogP contribution >= 0.6 is 0 Å². The zero-order valence-electron chi connectivity index (χ0n) is 13.1. The topological polar surface area (TPSA) is 32.3 Å². The van der Waals surface area contributed by atoms with Crippen LogP contribution in [0.5, 0.6) is 0 Å². The van der Waals surface area contributed by atoms with Crippen molar-refractivity contribution in [3.05, 3.63) is 35.4 Å². The van der Waals surface area contributed by atoms with Crippen LogP contribution in [0.4, 0.5) is 0 Å². The number of hydrogen-bond donors (Lipinski definition) is 2. The van der Waals surface area contributed by atoms with E-state index in [2.05, 4.69) is 36.5 Å². The van der Waals surface area contributed by atoms with Crippen LogP contribution in [0.25, 0.3) is 0 Å². The van der Waals surface area contributed by atoms with Crippen molar-refractivity contribution in [2.24, 2.45) is 11.8 Å². The Morgan fingerprint density at radius 1 is 1.05 bits per heavy atom. The fourth-order valence-corrected chi connectivity index (χ4v) is 5.60. The molecule has 0 heterocycles. The maximum Gasteiger partial charge on any atom is 0.0670 e. The van der Waals surface area contributed by atoms with E-state index >= 15 is 0 Å². The summed E-state index contributed by atoms with van der Waals surface area (Å²) in [6.45, 7) is 3.14. The second kappa shape index (κ2) is 4.82. The van der Waals surface area contributed by atoms with Gasteiger partial charge in [-0.25, -0.2) is 0 Å². The van der Waals surface area contributed by atoms with Crippen molar-refractivity contribution >= 4 is 0 Å². The third-order valence-electron chi connectivity index (χ3n) is 6.13. The van der Waals surface area contributed by atoms with Gasteiger partial charge in [-0.2, -0.15) is 0 Å². The normalized spacial score (nSPS) is 40.7. The van der Waals surface area contributed by atoms with Gasteiger partial charge in [0.1, 0.15) is 0 Å². The molecule has 5 rings (SSSR count). The third kappa shape index (κ3) is 2.53. The summed E-state index contributed by atoms with van der Waals surface area (Å²) >= 11 is 0. The predicted octanol–water partition coefficient (Wildman–Crippen LogP) is 3.42. The molecule has 0 aromatic heterocycles. The minimum absolute atomic E-state index is 0.211. The van der Waals surface area contributed by atoms with E-state index in [1.165, 1.54) is 30.4 Å². The molecule has 4 bridgehead atoms. The van der Waals surface area contributed by atoms with Gasteiger partial charge in [0, 0.05) is 12.1 Å². The summed E-state index contributed by atoms with van der Waals surface area (Å²) < 4.78 is 0. The molecule has 4 aliphatic carbocycles. The molecule has 114 valence electrons. The Kier molecular flexibility index (Phi) is 3.16. The second-order valence-corrected chi connectivity index (χ2v) is 7.99. The third-order valence-corrected chi connectivity index (χ3v) is 6.13. The maximum atomic E-state index is 10.8. The van der Waals surface area contributed by atoms with Crippen LogP contribution in [0, 0.1) is 11.8 Å². The summed E-state index contributed by atoms with van der Waals surface area (Å²) in [4.78, 5) is 0. The molecule has 0 radical (unpaired) electrons. The predicted molar refractivity (Wildman–Crippen MR) is 85.0 cm³/mol. The SMILES string of the molecule is CCc1ccc(CNC23CC4CC(CC(O)(C4)C2)C3)cc1. The first-order chi connectivity index (χ1) is 10.1. The number of benzene rings is 1. The van der Waals surface area contributed by atoms with Gasteiger partial charge in [-0.05, 0) is 67.9 Å². The van der Waals surface area contributed by atoms with Crippen LogP contribution in [-0.2, 0) is 13.0 Å². The van der Waals surface area contributed by atoms with Crippen LogP contribution in [0.1, 0.15) is 56.6 Å². The molecule has 4 saturated carbocycles. The van der Waals surface area contributed by atoms with Crippen molar-refractivity contribution in [2.75, 3.05) is 0 Å². The highest BCUT2D eigenvalue weighted by Crippen LogP contribution is 2.57. The molecule has 0 spiro atoms. The second-order valence-electron chi connectivity index (χ2n) is 7.99. The maximum absolute atomic E-state index is 10.8. The molecule has 21 heavy (non-hydrogen) atoms. The van der Waals surface area contributed by atoms with E-state index in [0.717, 1.165) is 44.1 Å². The van der Waals surface area contributed by atoms with E-state index in [0.29, 0.717) is 0 Å². The lowest BCUT2D eigenvalue weighted by Gasteiger charge is -2.60. The highest BCUT2D eigenvalue weighted by molar-refractivity contribution is 5.23. The van der Waals surface area contributed by atoms with Gasteiger partial charge < -0.3 is 10.4 Å². The van der Waals surface area contributed by atoms with Crippen LogP contribution in [0.15, 0.2) is 24.3 Å². The number of aryl methyl sites for hydroxylation is 1. The van der Waals surface area contributed by atoms with Gasteiger partial charge in [-0.15, -0.1) is 0 Å². The van der Waals surface area contributed by atoms with Gasteiger partial charge in [0.25, 0.3) is 0 Å². The number of rotatable bonds is 4. The van der Waals surface area contributed by atoms with Crippen molar-refractivity contribution in [2.45, 2.75) is 69.6 Å². The molecule has 1 aromatic rings. The fourth-order valence-electron chi connectivity index (χ4n) is 5.60. The van der Waals surface area contributed by atoms with Gasteiger partial charge in [-0.1, -0.05) is 31.2 Å². The van der Waals surface area contributed by atoms with Gasteiger partial charge in [0.05, 0.1) is 5.60 Å². The summed E-state index contributed by atoms with van der Waals surface area (Å²) in [6.07, 6.45) is 8.10. The standard InChI is InChI=1S/C19H27NO/c1-2-14-3-5-15(6-4-14)12-20-18-8-16-7-17(9-18)11-19(21,10-16)13-18/h3-6,16-17,20-21H,2,7-13H2,1H3. The number of hydrogen-bond acceptors (Lipinski definition) is 2. The number of aliphatic hydroxyl groups is 1. The minimum Gasteiger partial charge on any atom is -0.390 e. The van der Waals surface area contributed by atoms with Crippen LogP contribution in [0.3, 0.4) is 0 Å². The first-order valence-electron chi connectivity index (χ1n) is 8.63. The molecule has 2 N–H and O–H groups in total. The summed E-state index contributed by atoms with van der Waals surface area (Å²) in [6, 6.07) is 8.98. The van der Waals surface area contributed by atoms with Crippen molar-refractivity contribution < 1.29 is 5.11 Å². The van der Waals surface area contributed by atoms with Crippen molar-refractivity contribution in [3.63, 3.8) is 0 Å². The minimum atomic E-state index is -0.358. The highest BCUT2D eigenvalue weighted by atomic mass is 16.3. The monoisotopic (exact) mass is 285 g/mol. The number of nitrogens with one attached hydrogen (secondary N) is 1. The summed E-state index contributed by atoms with van der Waals surface area (Å²) in [5.41, 5.74) is 2.63. The van der Waals surface area contributed by atoms with Gasteiger partial charge >= 0.3 is 0 Å². The Hall–Kier alpha value is -0.860. The molecule has 4 aliphatic rings. The van der Waals surface area contributed by atoms with Crippen molar-refractivity contribution in [1.29, 1.82) is 0 Å². The molecule has 4 fully saturated rings. The van der Waals surface area contributed by atoms with E-state index in [1.54, 1.807) is 0 Å². The first-order valence-corrected chi connectivity index (χ1v) is 8.63. The summed E-state index contributed by atoms with van der Waals surface area (Å²) in [5.74, 6) is 1.51. The van der Waals surface area contributed by atoms with Gasteiger partial charge in [-0.3, -0.25) is 0 Å². The first kappa shape index (κ1) is 13.8. The van der Waals surface area contributed by atoms with E-state index < -0.39 is 0 Å². The Morgan fingerprint density at radius 2 is 1.67 bits per heavy atom. The molecular weight excluding hydrogens is 258 g/mol. The van der Waals surface area contributed by atoms with E-state index in [1.807, 2.05) is 0 Å². The lowest BCUT2D eigenvalue weighted by Crippen LogP contribution is -2.64. The Morgan fingerprint density at radius 3 is 2.24 bits per heavy atom. The molecule has 0 saturated heterocycles. The molecule has 2 nitrogen and oxygen atoms in total. The van der Waals surface area contributed by atoms with Crippen LogP contribution < -0.4 is 5.32 Å². The molecule has 0 amide bonds. The Bertz CT molecular complexity index is 507. The zero-order chi connectivity index (χ0) is 14.5. The average molecular weight is 285 g/mol. The van der Waals surface area contributed by atoms with Crippen LogP contribution in [-0.4, -0.2) is 16.2 Å². The van der Waals surface area contributed by atoms with E-state index in [-0.39, 0.29) is 11.1 Å². The highest BCUT2D eigenvalue weighted by Gasteiger charge is 2.56. The van der Waals surface area contributed by atoms with Crippen molar-refractivity contribution in [1.82, 2.24) is 5.32 Å². The summed E-state index contributed by atoms with van der Waals surface area (Å²) in [7, 11) is 0. The lowest BCUT2D eigenvalue weighted by molar-refractivity contribution is -0.142. The Labute approximate surface area is 128 Å². The fraction of sp³-hybridized carbons (Fsp3) is 0.684.